The molecule has 2 N–H and O–H groups in total. The molecule has 0 aliphatic heterocycles. The van der Waals surface area contributed by atoms with Crippen LogP contribution in [0.1, 0.15) is 26.3 Å². The average Bonchev–Trinajstić information content (AvgIpc) is 2.70. The number of nitrogens with zero attached hydrogens (tertiary/aromatic N) is 2. The van der Waals surface area contributed by atoms with Gasteiger partial charge in [0.2, 0.25) is 0 Å². The maximum Gasteiger partial charge on any atom is 0.272 e. The van der Waals surface area contributed by atoms with E-state index in [1.54, 1.807) is 42.6 Å². The first-order valence-electron chi connectivity index (χ1n) is 7.92. The van der Waals surface area contributed by atoms with Gasteiger partial charge in [-0.15, -0.1) is 0 Å². The molecule has 2 amide bonds. The third-order valence-corrected chi connectivity index (χ3v) is 3.51. The van der Waals surface area contributed by atoms with Crippen LogP contribution in [0.3, 0.4) is 0 Å². The Morgan fingerprint density at radius 2 is 1.62 bits per heavy atom. The van der Waals surface area contributed by atoms with Gasteiger partial charge in [0.25, 0.3) is 11.8 Å². The van der Waals surface area contributed by atoms with Gasteiger partial charge in [-0.2, -0.15) is 5.10 Å². The first-order chi connectivity index (χ1) is 12.7. The number of amides is 2. The monoisotopic (exact) mass is 344 g/mol. The second-order valence-electron chi connectivity index (χ2n) is 5.38. The van der Waals surface area contributed by atoms with Gasteiger partial charge < -0.3 is 5.32 Å². The van der Waals surface area contributed by atoms with Crippen LogP contribution in [-0.2, 0) is 0 Å². The van der Waals surface area contributed by atoms with Crippen LogP contribution in [0.4, 0.5) is 5.69 Å². The molecule has 6 nitrogen and oxygen atoms in total. The van der Waals surface area contributed by atoms with E-state index < -0.39 is 0 Å². The summed E-state index contributed by atoms with van der Waals surface area (Å²) in [6, 6.07) is 19.5. The molecule has 3 rings (SSSR count). The molecule has 0 radical (unpaired) electrons. The second-order valence-corrected chi connectivity index (χ2v) is 5.38. The molecule has 0 unspecified atom stereocenters. The zero-order valence-corrected chi connectivity index (χ0v) is 13.8. The molecule has 0 aliphatic carbocycles. The van der Waals surface area contributed by atoms with E-state index in [1.165, 1.54) is 12.4 Å². The molecule has 0 atom stereocenters. The van der Waals surface area contributed by atoms with Crippen molar-refractivity contribution in [1.29, 1.82) is 0 Å². The number of benzene rings is 2. The number of hydrazone groups is 1. The highest BCUT2D eigenvalue weighted by molar-refractivity contribution is 6.04. The number of rotatable bonds is 5. The number of hydrogen-bond acceptors (Lipinski definition) is 4. The van der Waals surface area contributed by atoms with Gasteiger partial charge in [-0.3, -0.25) is 14.6 Å². The Hall–Kier alpha value is -3.80. The SMILES string of the molecule is O=C(NN=Cc1ccc(C(=O)Nc2ccccc2)cc1)c1cccnc1. The van der Waals surface area contributed by atoms with E-state index in [4.69, 9.17) is 0 Å². The Morgan fingerprint density at radius 1 is 0.846 bits per heavy atom. The summed E-state index contributed by atoms with van der Waals surface area (Å²) in [5.41, 5.74) is 4.88. The topological polar surface area (TPSA) is 83.5 Å². The Kier molecular flexibility index (Phi) is 5.47. The standard InChI is InChI=1S/C20H16N4O2/c25-19(23-18-6-2-1-3-7-18)16-10-8-15(9-11-16)13-22-24-20(26)17-5-4-12-21-14-17/h1-14H,(H,23,25)(H,24,26). The van der Waals surface area contributed by atoms with Crippen LogP contribution < -0.4 is 10.7 Å². The first kappa shape index (κ1) is 17.0. The molecular formula is C20H16N4O2. The normalized spacial score (nSPS) is 10.5. The summed E-state index contributed by atoms with van der Waals surface area (Å²) in [4.78, 5) is 27.9. The quantitative estimate of drug-likeness (QED) is 0.551. The van der Waals surface area contributed by atoms with Crippen molar-refractivity contribution in [3.05, 3.63) is 95.8 Å². The van der Waals surface area contributed by atoms with E-state index in [0.29, 0.717) is 11.1 Å². The van der Waals surface area contributed by atoms with Crippen LogP contribution in [0.15, 0.2) is 84.2 Å². The zero-order valence-electron chi connectivity index (χ0n) is 13.8. The number of nitrogens with one attached hydrogen (secondary N) is 2. The highest BCUT2D eigenvalue weighted by Gasteiger charge is 2.05. The molecule has 0 saturated carbocycles. The molecule has 1 heterocycles. The Morgan fingerprint density at radius 3 is 2.31 bits per heavy atom. The summed E-state index contributed by atoms with van der Waals surface area (Å²) in [6.45, 7) is 0. The maximum absolute atomic E-state index is 12.2. The summed E-state index contributed by atoms with van der Waals surface area (Å²) in [5, 5.41) is 6.73. The zero-order chi connectivity index (χ0) is 18.2. The smallest absolute Gasteiger partial charge is 0.272 e. The molecule has 26 heavy (non-hydrogen) atoms. The predicted octanol–water partition coefficient (Wildman–Crippen LogP) is 3.10. The minimum Gasteiger partial charge on any atom is -0.322 e. The lowest BCUT2D eigenvalue weighted by Gasteiger charge is -2.05. The van der Waals surface area contributed by atoms with Crippen LogP contribution in [0, 0.1) is 0 Å². The fraction of sp³-hybridized carbons (Fsp3) is 0. The van der Waals surface area contributed by atoms with Crippen molar-refractivity contribution in [2.45, 2.75) is 0 Å². The van der Waals surface area contributed by atoms with Crippen LogP contribution in [0.5, 0.6) is 0 Å². The summed E-state index contributed by atoms with van der Waals surface area (Å²) < 4.78 is 0. The lowest BCUT2D eigenvalue weighted by Crippen LogP contribution is -2.17. The van der Waals surface area contributed by atoms with Gasteiger partial charge in [0, 0.05) is 23.6 Å². The summed E-state index contributed by atoms with van der Waals surface area (Å²) in [6.07, 6.45) is 4.56. The molecular weight excluding hydrogens is 328 g/mol. The number of aromatic nitrogens is 1. The number of carbonyl (C=O) groups is 2. The van der Waals surface area contributed by atoms with E-state index in [-0.39, 0.29) is 11.8 Å². The molecule has 128 valence electrons. The number of hydrogen-bond donors (Lipinski definition) is 2. The highest BCUT2D eigenvalue weighted by Crippen LogP contribution is 2.09. The van der Waals surface area contributed by atoms with E-state index in [1.807, 2.05) is 30.3 Å². The number of anilines is 1. The fourth-order valence-corrected chi connectivity index (χ4v) is 2.17. The molecule has 0 aliphatic rings. The molecule has 6 heteroatoms. The molecule has 0 bridgehead atoms. The lowest BCUT2D eigenvalue weighted by molar-refractivity contribution is 0.0954. The maximum atomic E-state index is 12.2. The molecule has 0 fully saturated rings. The number of carbonyl (C=O) groups excluding carboxylic acids is 2. The van der Waals surface area contributed by atoms with Crippen molar-refractivity contribution in [2.75, 3.05) is 5.32 Å². The number of pyridine rings is 1. The Labute approximate surface area is 150 Å². The summed E-state index contributed by atoms with van der Waals surface area (Å²) >= 11 is 0. The van der Waals surface area contributed by atoms with Crippen LogP contribution >= 0.6 is 0 Å². The van der Waals surface area contributed by atoms with Crippen molar-refractivity contribution in [3.63, 3.8) is 0 Å². The number of para-hydroxylation sites is 1. The first-order valence-corrected chi connectivity index (χ1v) is 7.92. The van der Waals surface area contributed by atoms with Crippen molar-refractivity contribution in [2.24, 2.45) is 5.10 Å². The molecule has 1 aromatic heterocycles. The minimum absolute atomic E-state index is 0.190. The van der Waals surface area contributed by atoms with Gasteiger partial charge in [0.05, 0.1) is 11.8 Å². The highest BCUT2D eigenvalue weighted by atomic mass is 16.2. The van der Waals surface area contributed by atoms with E-state index in [0.717, 1.165) is 11.3 Å². The Bertz CT molecular complexity index is 908. The van der Waals surface area contributed by atoms with Crippen molar-refractivity contribution < 1.29 is 9.59 Å². The largest absolute Gasteiger partial charge is 0.322 e. The van der Waals surface area contributed by atoms with E-state index in [2.05, 4.69) is 20.8 Å². The van der Waals surface area contributed by atoms with Gasteiger partial charge in [-0.05, 0) is 42.0 Å². The van der Waals surface area contributed by atoms with Crippen molar-refractivity contribution in [3.8, 4) is 0 Å². The molecule has 3 aromatic rings. The van der Waals surface area contributed by atoms with Gasteiger partial charge in [0.15, 0.2) is 0 Å². The molecule has 2 aromatic carbocycles. The average molecular weight is 344 g/mol. The van der Waals surface area contributed by atoms with Gasteiger partial charge in [-0.1, -0.05) is 30.3 Å². The van der Waals surface area contributed by atoms with Gasteiger partial charge in [0.1, 0.15) is 0 Å². The second kappa shape index (κ2) is 8.34. The van der Waals surface area contributed by atoms with Crippen LogP contribution in [0.25, 0.3) is 0 Å². The van der Waals surface area contributed by atoms with Crippen molar-refractivity contribution in [1.82, 2.24) is 10.4 Å². The molecule has 0 spiro atoms. The van der Waals surface area contributed by atoms with Gasteiger partial charge in [-0.25, -0.2) is 5.43 Å². The third-order valence-electron chi connectivity index (χ3n) is 3.51. The lowest BCUT2D eigenvalue weighted by atomic mass is 10.1. The third kappa shape index (κ3) is 4.61. The van der Waals surface area contributed by atoms with Crippen LogP contribution in [-0.4, -0.2) is 23.0 Å². The van der Waals surface area contributed by atoms with Crippen molar-refractivity contribution >= 4 is 23.7 Å². The van der Waals surface area contributed by atoms with E-state index in [9.17, 15) is 9.59 Å². The molecule has 0 saturated heterocycles. The summed E-state index contributed by atoms with van der Waals surface area (Å²) in [5.74, 6) is -0.530. The summed E-state index contributed by atoms with van der Waals surface area (Å²) in [7, 11) is 0. The predicted molar refractivity (Wildman–Crippen MR) is 100 cm³/mol. The fourth-order valence-electron chi connectivity index (χ4n) is 2.17. The minimum atomic E-state index is -0.340. The van der Waals surface area contributed by atoms with E-state index >= 15 is 0 Å². The Balaban J connectivity index is 1.57. The van der Waals surface area contributed by atoms with Crippen LogP contribution in [0.2, 0.25) is 0 Å². The van der Waals surface area contributed by atoms with Gasteiger partial charge >= 0.3 is 0 Å².